The van der Waals surface area contributed by atoms with Crippen molar-refractivity contribution >= 4 is 11.6 Å². The highest BCUT2D eigenvalue weighted by molar-refractivity contribution is 6.30. The van der Waals surface area contributed by atoms with Crippen LogP contribution < -0.4 is 9.47 Å². The van der Waals surface area contributed by atoms with Crippen molar-refractivity contribution in [2.45, 2.75) is 32.4 Å². The molecule has 0 N–H and O–H groups in total. The predicted octanol–water partition coefficient (Wildman–Crippen LogP) is 5.34. The topological polar surface area (TPSA) is 21.7 Å². The summed E-state index contributed by atoms with van der Waals surface area (Å²) in [6.45, 7) is 4.36. The van der Waals surface area contributed by atoms with Gasteiger partial charge in [-0.15, -0.1) is 0 Å². The van der Waals surface area contributed by atoms with Gasteiger partial charge in [0, 0.05) is 18.1 Å². The molecule has 0 aromatic heterocycles. The first-order chi connectivity index (χ1) is 11.2. The molecule has 1 fully saturated rings. The van der Waals surface area contributed by atoms with Crippen LogP contribution in [0.2, 0.25) is 5.02 Å². The van der Waals surface area contributed by atoms with E-state index in [1.807, 2.05) is 48.5 Å². The van der Waals surface area contributed by atoms with Crippen LogP contribution in [0, 0.1) is 0 Å². The summed E-state index contributed by atoms with van der Waals surface area (Å²) in [4.78, 5) is 2.39. The molecule has 122 valence electrons. The molecule has 3 rings (SSSR count). The van der Waals surface area contributed by atoms with Crippen molar-refractivity contribution in [1.82, 2.24) is 4.90 Å². The minimum absolute atomic E-state index is 0.110. The Morgan fingerprint density at radius 2 is 1.35 bits per heavy atom. The quantitative estimate of drug-likeness (QED) is 0.737. The first-order valence-corrected chi connectivity index (χ1v) is 8.53. The molecule has 1 aliphatic heterocycles. The molecule has 0 radical (unpaired) electrons. The molecule has 1 unspecified atom stereocenters. The van der Waals surface area contributed by atoms with Crippen LogP contribution in [-0.2, 0) is 0 Å². The summed E-state index contributed by atoms with van der Waals surface area (Å²) in [6, 6.07) is 15.1. The van der Waals surface area contributed by atoms with Crippen molar-refractivity contribution in [2.75, 3.05) is 13.1 Å². The molecule has 0 amide bonds. The number of benzene rings is 2. The molecule has 0 aliphatic carbocycles. The number of likely N-dealkylation sites (tertiary alicyclic amines) is 1. The van der Waals surface area contributed by atoms with Gasteiger partial charge in [-0.05, 0) is 68.3 Å². The molecule has 1 atom stereocenters. The average molecular weight is 332 g/mol. The lowest BCUT2D eigenvalue weighted by Crippen LogP contribution is -2.40. The van der Waals surface area contributed by atoms with E-state index in [-0.39, 0.29) is 6.23 Å². The molecule has 1 heterocycles. The van der Waals surface area contributed by atoms with Gasteiger partial charge in [-0.1, -0.05) is 18.0 Å². The molecule has 1 saturated heterocycles. The fraction of sp³-hybridized carbons (Fsp3) is 0.368. The number of rotatable bonds is 5. The minimum atomic E-state index is 0.110. The zero-order chi connectivity index (χ0) is 16.1. The van der Waals surface area contributed by atoms with E-state index in [0.29, 0.717) is 5.02 Å². The van der Waals surface area contributed by atoms with Gasteiger partial charge < -0.3 is 9.47 Å². The van der Waals surface area contributed by atoms with Crippen LogP contribution in [0.1, 0.15) is 26.2 Å². The highest BCUT2D eigenvalue weighted by atomic mass is 35.5. The van der Waals surface area contributed by atoms with Crippen molar-refractivity contribution in [3.8, 4) is 17.2 Å². The smallest absolute Gasteiger partial charge is 0.149 e. The molecule has 0 bridgehead atoms. The lowest BCUT2D eigenvalue weighted by atomic mass is 10.1. The molecule has 0 spiro atoms. The molecule has 4 heteroatoms. The number of nitrogens with zero attached hydrogens (tertiary/aromatic N) is 1. The summed E-state index contributed by atoms with van der Waals surface area (Å²) in [5.74, 6) is 2.42. The van der Waals surface area contributed by atoms with Crippen LogP contribution in [0.4, 0.5) is 0 Å². The Bertz CT molecular complexity index is 606. The largest absolute Gasteiger partial charge is 0.475 e. The van der Waals surface area contributed by atoms with Gasteiger partial charge >= 0.3 is 0 Å². The molecule has 2 aromatic rings. The Kier molecular flexibility index (Phi) is 5.42. The second kappa shape index (κ2) is 7.71. The van der Waals surface area contributed by atoms with Gasteiger partial charge in [0.05, 0.1) is 0 Å². The van der Waals surface area contributed by atoms with Crippen LogP contribution in [0.25, 0.3) is 0 Å². The Labute approximate surface area is 142 Å². The van der Waals surface area contributed by atoms with Gasteiger partial charge in [0.2, 0.25) is 0 Å². The van der Waals surface area contributed by atoms with Crippen LogP contribution in [0.15, 0.2) is 48.5 Å². The summed E-state index contributed by atoms with van der Waals surface area (Å²) < 4.78 is 11.8. The second-order valence-electron chi connectivity index (χ2n) is 5.84. The van der Waals surface area contributed by atoms with E-state index in [1.54, 1.807) is 0 Å². The third kappa shape index (κ3) is 4.63. The van der Waals surface area contributed by atoms with Crippen molar-refractivity contribution in [1.29, 1.82) is 0 Å². The summed E-state index contributed by atoms with van der Waals surface area (Å²) in [6.07, 6.45) is 3.97. The Hall–Kier alpha value is -1.71. The van der Waals surface area contributed by atoms with Crippen molar-refractivity contribution in [3.63, 3.8) is 0 Å². The molecule has 23 heavy (non-hydrogen) atoms. The fourth-order valence-corrected chi connectivity index (χ4v) is 2.90. The lowest BCUT2D eigenvalue weighted by molar-refractivity contribution is 0.0262. The maximum Gasteiger partial charge on any atom is 0.149 e. The SMILES string of the molecule is CC(Oc1ccc(Oc2ccc(Cl)cc2)cc1)N1CCCCC1. The van der Waals surface area contributed by atoms with E-state index in [0.717, 1.165) is 30.3 Å². The maximum absolute atomic E-state index is 6.03. The zero-order valence-electron chi connectivity index (χ0n) is 13.4. The molecule has 0 saturated carbocycles. The summed E-state index contributed by atoms with van der Waals surface area (Å²) >= 11 is 5.87. The Balaban J connectivity index is 1.57. The van der Waals surface area contributed by atoms with Crippen LogP contribution >= 0.6 is 11.6 Å². The Morgan fingerprint density at radius 3 is 1.96 bits per heavy atom. The Morgan fingerprint density at radius 1 is 0.826 bits per heavy atom. The predicted molar refractivity (Wildman–Crippen MR) is 93.5 cm³/mol. The van der Waals surface area contributed by atoms with Gasteiger partial charge in [0.25, 0.3) is 0 Å². The maximum atomic E-state index is 6.03. The van der Waals surface area contributed by atoms with Crippen LogP contribution in [-0.4, -0.2) is 24.2 Å². The minimum Gasteiger partial charge on any atom is -0.475 e. The van der Waals surface area contributed by atoms with Gasteiger partial charge in [-0.3, -0.25) is 4.90 Å². The lowest BCUT2D eigenvalue weighted by Gasteiger charge is -2.32. The normalized spacial score (nSPS) is 16.8. The summed E-state index contributed by atoms with van der Waals surface area (Å²) in [5.41, 5.74) is 0. The molecule has 1 aliphatic rings. The molecule has 3 nitrogen and oxygen atoms in total. The van der Waals surface area contributed by atoms with Gasteiger partial charge in [-0.25, -0.2) is 0 Å². The number of piperidine rings is 1. The summed E-state index contributed by atoms with van der Waals surface area (Å²) in [5, 5.41) is 0.702. The van der Waals surface area contributed by atoms with Crippen molar-refractivity contribution < 1.29 is 9.47 Å². The monoisotopic (exact) mass is 331 g/mol. The highest BCUT2D eigenvalue weighted by Crippen LogP contribution is 2.26. The average Bonchev–Trinajstić information content (AvgIpc) is 2.59. The molecule has 2 aromatic carbocycles. The van der Waals surface area contributed by atoms with E-state index in [9.17, 15) is 0 Å². The second-order valence-corrected chi connectivity index (χ2v) is 6.28. The molecular formula is C19H22ClNO2. The number of hydrogen-bond donors (Lipinski definition) is 0. The van der Waals surface area contributed by atoms with Crippen molar-refractivity contribution in [3.05, 3.63) is 53.6 Å². The third-order valence-corrected chi connectivity index (χ3v) is 4.34. The third-order valence-electron chi connectivity index (χ3n) is 4.08. The fourth-order valence-electron chi connectivity index (χ4n) is 2.78. The number of ether oxygens (including phenoxy) is 2. The highest BCUT2D eigenvalue weighted by Gasteiger charge is 2.17. The van der Waals surface area contributed by atoms with E-state index in [4.69, 9.17) is 21.1 Å². The van der Waals surface area contributed by atoms with E-state index < -0.39 is 0 Å². The van der Waals surface area contributed by atoms with Gasteiger partial charge in [-0.2, -0.15) is 0 Å². The van der Waals surface area contributed by atoms with E-state index >= 15 is 0 Å². The van der Waals surface area contributed by atoms with Crippen LogP contribution in [0.5, 0.6) is 17.2 Å². The standard InChI is InChI=1S/C19H22ClNO2/c1-15(21-13-3-2-4-14-21)22-17-9-11-19(12-10-17)23-18-7-5-16(20)6-8-18/h5-12,15H,2-4,13-14H2,1H3. The number of halogens is 1. The van der Waals surface area contributed by atoms with Gasteiger partial charge in [0.15, 0.2) is 0 Å². The zero-order valence-corrected chi connectivity index (χ0v) is 14.1. The first kappa shape index (κ1) is 16.2. The number of hydrogen-bond acceptors (Lipinski definition) is 3. The van der Waals surface area contributed by atoms with E-state index in [2.05, 4.69) is 11.8 Å². The van der Waals surface area contributed by atoms with Crippen molar-refractivity contribution in [2.24, 2.45) is 0 Å². The molecular weight excluding hydrogens is 310 g/mol. The summed E-state index contributed by atoms with van der Waals surface area (Å²) in [7, 11) is 0. The van der Waals surface area contributed by atoms with Gasteiger partial charge in [0.1, 0.15) is 23.5 Å². The van der Waals surface area contributed by atoms with Crippen LogP contribution in [0.3, 0.4) is 0 Å². The first-order valence-electron chi connectivity index (χ1n) is 8.15. The van der Waals surface area contributed by atoms with E-state index in [1.165, 1.54) is 19.3 Å².